The minimum atomic E-state index is 0.0603. The molecule has 0 saturated carbocycles. The summed E-state index contributed by atoms with van der Waals surface area (Å²) in [4.78, 5) is 23.8. The van der Waals surface area contributed by atoms with Crippen LogP contribution in [-0.4, -0.2) is 11.8 Å². The van der Waals surface area contributed by atoms with Crippen molar-refractivity contribution in [2.75, 3.05) is 0 Å². The van der Waals surface area contributed by atoms with E-state index in [1.54, 1.807) is 0 Å². The molecule has 0 saturated heterocycles. The maximum absolute atomic E-state index is 11.9. The molecule has 4 nitrogen and oxygen atoms in total. The summed E-state index contributed by atoms with van der Waals surface area (Å²) in [5.74, 6) is 0.121. The average molecular weight is 449 g/mol. The van der Waals surface area contributed by atoms with Gasteiger partial charge in [0.25, 0.3) is 0 Å². The molecule has 0 aliphatic carbocycles. The van der Waals surface area contributed by atoms with Gasteiger partial charge in [-0.1, -0.05) is 85.3 Å². The number of hydrogen-bond acceptors (Lipinski definition) is 2. The molecule has 0 bridgehead atoms. The molecule has 0 atom stereocenters. The topological polar surface area (TPSA) is 58.2 Å². The second-order valence-corrected chi connectivity index (χ2v) is 8.17. The number of benzene rings is 2. The Morgan fingerprint density at radius 2 is 0.967 bits per heavy atom. The Labute approximate surface area is 189 Å². The standard InChI is InChI=1S/C24H30Cl2N2O2/c25-21-13-9-7-11-19(21)17-27-23(29)15-5-3-1-2-4-6-16-24(30)28-18-20-12-8-10-14-22(20)26/h7-14H,1-6,15-18H2,(H,27,29)(H,28,30). The molecule has 0 aliphatic rings. The van der Waals surface area contributed by atoms with E-state index in [2.05, 4.69) is 10.6 Å². The van der Waals surface area contributed by atoms with E-state index in [0.29, 0.717) is 36.0 Å². The van der Waals surface area contributed by atoms with Gasteiger partial charge < -0.3 is 10.6 Å². The molecule has 0 heterocycles. The van der Waals surface area contributed by atoms with Crippen LogP contribution in [0.1, 0.15) is 62.5 Å². The lowest BCUT2D eigenvalue weighted by Crippen LogP contribution is -2.22. The van der Waals surface area contributed by atoms with Gasteiger partial charge in [0.15, 0.2) is 0 Å². The predicted molar refractivity (Wildman–Crippen MR) is 124 cm³/mol. The van der Waals surface area contributed by atoms with Crippen molar-refractivity contribution < 1.29 is 9.59 Å². The number of halogens is 2. The fourth-order valence-corrected chi connectivity index (χ4v) is 3.53. The highest BCUT2D eigenvalue weighted by atomic mass is 35.5. The molecule has 2 aromatic carbocycles. The van der Waals surface area contributed by atoms with E-state index in [0.717, 1.165) is 49.7 Å². The van der Waals surface area contributed by atoms with Crippen LogP contribution in [0.4, 0.5) is 0 Å². The second kappa shape index (κ2) is 14.1. The van der Waals surface area contributed by atoms with Gasteiger partial charge in [-0.05, 0) is 36.1 Å². The lowest BCUT2D eigenvalue weighted by molar-refractivity contribution is -0.122. The van der Waals surface area contributed by atoms with Crippen LogP contribution < -0.4 is 10.6 Å². The van der Waals surface area contributed by atoms with Crippen LogP contribution in [0.2, 0.25) is 10.0 Å². The number of rotatable bonds is 13. The van der Waals surface area contributed by atoms with Crippen LogP contribution in [0.3, 0.4) is 0 Å². The summed E-state index contributed by atoms with van der Waals surface area (Å²) in [7, 11) is 0. The molecule has 0 unspecified atom stereocenters. The maximum Gasteiger partial charge on any atom is 0.220 e. The van der Waals surface area contributed by atoms with E-state index in [1.807, 2.05) is 48.5 Å². The smallest absolute Gasteiger partial charge is 0.220 e. The molecule has 2 aromatic rings. The number of unbranched alkanes of at least 4 members (excludes halogenated alkanes) is 5. The summed E-state index contributed by atoms with van der Waals surface area (Å²) < 4.78 is 0. The number of carbonyl (C=O) groups excluding carboxylic acids is 2. The largest absolute Gasteiger partial charge is 0.352 e. The molecule has 0 radical (unpaired) electrons. The van der Waals surface area contributed by atoms with Crippen LogP contribution in [0.5, 0.6) is 0 Å². The Hall–Kier alpha value is -2.04. The molecule has 0 spiro atoms. The van der Waals surface area contributed by atoms with Gasteiger partial charge in [0.1, 0.15) is 0 Å². The molecular weight excluding hydrogens is 419 g/mol. The molecule has 2 amide bonds. The molecule has 6 heteroatoms. The first-order valence-corrected chi connectivity index (χ1v) is 11.3. The summed E-state index contributed by atoms with van der Waals surface area (Å²) >= 11 is 12.2. The molecule has 162 valence electrons. The Bertz CT molecular complexity index is 744. The van der Waals surface area contributed by atoms with E-state index >= 15 is 0 Å². The van der Waals surface area contributed by atoms with Crippen molar-refractivity contribution in [1.29, 1.82) is 0 Å². The van der Waals surface area contributed by atoms with Crippen molar-refractivity contribution in [3.05, 3.63) is 69.7 Å². The van der Waals surface area contributed by atoms with Crippen molar-refractivity contribution in [2.24, 2.45) is 0 Å². The quantitative estimate of drug-likeness (QED) is 0.366. The first-order valence-electron chi connectivity index (χ1n) is 10.6. The first kappa shape index (κ1) is 24.2. The Morgan fingerprint density at radius 1 is 0.600 bits per heavy atom. The minimum absolute atomic E-state index is 0.0603. The van der Waals surface area contributed by atoms with E-state index < -0.39 is 0 Å². The summed E-state index contributed by atoms with van der Waals surface area (Å²) in [6.45, 7) is 0.939. The molecule has 0 aromatic heterocycles. The summed E-state index contributed by atoms with van der Waals surface area (Å²) in [6.07, 6.45) is 7.05. The fraction of sp³-hybridized carbons (Fsp3) is 0.417. The van der Waals surface area contributed by atoms with Gasteiger partial charge in [0, 0.05) is 36.0 Å². The molecule has 30 heavy (non-hydrogen) atoms. The molecular formula is C24H30Cl2N2O2. The van der Waals surface area contributed by atoms with E-state index in [4.69, 9.17) is 23.2 Å². The monoisotopic (exact) mass is 448 g/mol. The molecule has 2 rings (SSSR count). The van der Waals surface area contributed by atoms with Crippen molar-refractivity contribution in [3.8, 4) is 0 Å². The summed E-state index contributed by atoms with van der Waals surface area (Å²) in [5.41, 5.74) is 1.87. The summed E-state index contributed by atoms with van der Waals surface area (Å²) in [6, 6.07) is 15.1. The van der Waals surface area contributed by atoms with Crippen molar-refractivity contribution in [1.82, 2.24) is 10.6 Å². The van der Waals surface area contributed by atoms with Crippen LogP contribution in [0, 0.1) is 0 Å². The van der Waals surface area contributed by atoms with Crippen molar-refractivity contribution in [2.45, 2.75) is 64.5 Å². The van der Waals surface area contributed by atoms with Gasteiger partial charge >= 0.3 is 0 Å². The zero-order chi connectivity index (χ0) is 21.6. The molecule has 0 aliphatic heterocycles. The number of amides is 2. The number of hydrogen-bond donors (Lipinski definition) is 2. The lowest BCUT2D eigenvalue weighted by atomic mass is 10.1. The Kier molecular flexibility index (Phi) is 11.3. The van der Waals surface area contributed by atoms with E-state index in [9.17, 15) is 9.59 Å². The highest BCUT2D eigenvalue weighted by Gasteiger charge is 2.05. The fourth-order valence-electron chi connectivity index (χ4n) is 3.13. The highest BCUT2D eigenvalue weighted by molar-refractivity contribution is 6.31. The second-order valence-electron chi connectivity index (χ2n) is 7.36. The first-order chi connectivity index (χ1) is 14.6. The number of nitrogens with one attached hydrogen (secondary N) is 2. The zero-order valence-electron chi connectivity index (χ0n) is 17.3. The van der Waals surface area contributed by atoms with Crippen molar-refractivity contribution in [3.63, 3.8) is 0 Å². The molecule has 0 fully saturated rings. The van der Waals surface area contributed by atoms with Gasteiger partial charge in [0.05, 0.1) is 0 Å². The van der Waals surface area contributed by atoms with Gasteiger partial charge in [-0.3, -0.25) is 9.59 Å². The normalized spacial score (nSPS) is 10.6. The lowest BCUT2D eigenvalue weighted by Gasteiger charge is -2.07. The van der Waals surface area contributed by atoms with Gasteiger partial charge in [-0.25, -0.2) is 0 Å². The Morgan fingerprint density at radius 3 is 1.37 bits per heavy atom. The van der Waals surface area contributed by atoms with E-state index in [-0.39, 0.29) is 11.8 Å². The zero-order valence-corrected chi connectivity index (χ0v) is 18.8. The summed E-state index contributed by atoms with van der Waals surface area (Å²) in [5, 5.41) is 7.18. The SMILES string of the molecule is O=C(CCCCCCCCC(=O)NCc1ccccc1Cl)NCc1ccccc1Cl. The number of carbonyl (C=O) groups is 2. The minimum Gasteiger partial charge on any atom is -0.352 e. The maximum atomic E-state index is 11.9. The average Bonchev–Trinajstić information content (AvgIpc) is 2.74. The third kappa shape index (κ3) is 9.64. The van der Waals surface area contributed by atoms with Crippen LogP contribution in [0.25, 0.3) is 0 Å². The van der Waals surface area contributed by atoms with Gasteiger partial charge in [0.2, 0.25) is 11.8 Å². The van der Waals surface area contributed by atoms with Crippen molar-refractivity contribution >= 4 is 35.0 Å². The van der Waals surface area contributed by atoms with Crippen LogP contribution >= 0.6 is 23.2 Å². The highest BCUT2D eigenvalue weighted by Crippen LogP contribution is 2.15. The predicted octanol–water partition coefficient (Wildman–Crippen LogP) is 6.05. The van der Waals surface area contributed by atoms with E-state index in [1.165, 1.54) is 0 Å². The third-order valence-corrected chi connectivity index (χ3v) is 5.66. The van der Waals surface area contributed by atoms with Gasteiger partial charge in [-0.2, -0.15) is 0 Å². The third-order valence-electron chi connectivity index (χ3n) is 4.93. The Balaban J connectivity index is 1.43. The molecule has 2 N–H and O–H groups in total. The van der Waals surface area contributed by atoms with Gasteiger partial charge in [-0.15, -0.1) is 0 Å². The van der Waals surface area contributed by atoms with Crippen LogP contribution in [0.15, 0.2) is 48.5 Å². The van der Waals surface area contributed by atoms with Crippen LogP contribution in [-0.2, 0) is 22.7 Å².